The Kier molecular flexibility index (Phi) is 4.74. The maximum Gasteiger partial charge on any atom is 0.349 e. The van der Waals surface area contributed by atoms with E-state index >= 15 is 0 Å². The number of fused-ring (bicyclic) bond motifs is 1. The Balaban J connectivity index is 1.53. The molecule has 0 saturated carbocycles. The van der Waals surface area contributed by atoms with Crippen LogP contribution >= 0.6 is 11.6 Å². The number of amides is 4. The summed E-state index contributed by atoms with van der Waals surface area (Å²) in [6, 6.07) is 5.35. The van der Waals surface area contributed by atoms with Crippen molar-refractivity contribution < 1.29 is 32.1 Å². The normalized spacial score (nSPS) is 20.7. The average molecular weight is 465 g/mol. The van der Waals surface area contributed by atoms with E-state index in [-0.39, 0.29) is 40.8 Å². The molecule has 7 nitrogen and oxygen atoms in total. The number of hydrogen-bond donors (Lipinski definition) is 2. The fourth-order valence-corrected chi connectivity index (χ4v) is 3.73. The zero-order chi connectivity index (χ0) is 25.7. The van der Waals surface area contributed by atoms with Crippen LogP contribution in [0.1, 0.15) is 42.6 Å². The van der Waals surface area contributed by atoms with Crippen LogP contribution in [0.5, 0.6) is 0 Å². The predicted octanol–water partition coefficient (Wildman–Crippen LogP) is 2.51. The van der Waals surface area contributed by atoms with E-state index < -0.39 is 53.7 Å². The minimum Gasteiger partial charge on any atom is -0.346 e. The van der Waals surface area contributed by atoms with Crippen LogP contribution in [0.2, 0.25) is 6.43 Å². The highest BCUT2D eigenvalue weighted by atomic mass is 35.5. The lowest BCUT2D eigenvalue weighted by molar-refractivity contribution is -0.147. The number of halogens is 3. The predicted molar refractivity (Wildman–Crippen MR) is 110 cm³/mol. The average Bonchev–Trinajstić information content (AvgIpc) is 3.14. The Labute approximate surface area is 191 Å². The van der Waals surface area contributed by atoms with Crippen molar-refractivity contribution in [1.29, 1.82) is 0 Å². The third kappa shape index (κ3) is 4.08. The van der Waals surface area contributed by atoms with Crippen LogP contribution in [0.4, 0.5) is 8.78 Å². The van der Waals surface area contributed by atoms with Crippen molar-refractivity contribution in [2.24, 2.45) is 0 Å². The first kappa shape index (κ1) is 18.3. The number of carbonyl (C=O) groups is 4. The maximum absolute atomic E-state index is 14.7. The quantitative estimate of drug-likeness (QED) is 0.665. The molecular formula is C22H18ClF2N3O4. The van der Waals surface area contributed by atoms with Crippen molar-refractivity contribution in [2.45, 2.75) is 37.9 Å². The molecule has 2 aliphatic heterocycles. The number of alkyl halides is 2. The van der Waals surface area contributed by atoms with Crippen molar-refractivity contribution in [3.63, 3.8) is 0 Å². The molecule has 2 heterocycles. The Bertz CT molecular complexity index is 1260. The molecule has 10 heteroatoms. The minimum atomic E-state index is -4.18. The molecular weight excluding hydrogens is 444 g/mol. The van der Waals surface area contributed by atoms with E-state index in [1.807, 2.05) is 0 Å². The number of hydrogen-bond acceptors (Lipinski definition) is 4. The molecule has 0 bridgehead atoms. The molecule has 2 N–H and O–H groups in total. The van der Waals surface area contributed by atoms with Gasteiger partial charge in [0, 0.05) is 35.6 Å². The van der Waals surface area contributed by atoms with Crippen LogP contribution in [-0.4, -0.2) is 34.6 Å². The van der Waals surface area contributed by atoms with Gasteiger partial charge < -0.3 is 10.2 Å². The number of piperidine rings is 1. The second-order valence-corrected chi connectivity index (χ2v) is 7.79. The first-order valence-corrected chi connectivity index (χ1v) is 9.96. The van der Waals surface area contributed by atoms with Gasteiger partial charge in [0.15, 0.2) is 1.41 Å². The molecule has 0 aliphatic carbocycles. The van der Waals surface area contributed by atoms with Crippen LogP contribution < -0.4 is 10.6 Å². The van der Waals surface area contributed by atoms with E-state index in [1.165, 1.54) is 23.1 Å². The highest BCUT2D eigenvalue weighted by Crippen LogP contribution is 2.30. The molecule has 2 aliphatic rings. The van der Waals surface area contributed by atoms with Crippen molar-refractivity contribution >= 4 is 35.2 Å². The first-order chi connectivity index (χ1) is 16.4. The first-order valence-electron chi connectivity index (χ1n) is 11.1. The topological polar surface area (TPSA) is 95.6 Å². The third-order valence-corrected chi connectivity index (χ3v) is 5.52. The molecule has 4 rings (SSSR count). The summed E-state index contributed by atoms with van der Waals surface area (Å²) < 4.78 is 53.1. The Hall–Kier alpha value is -3.33. The van der Waals surface area contributed by atoms with Gasteiger partial charge in [0.1, 0.15) is 6.04 Å². The third-order valence-electron chi connectivity index (χ3n) is 5.28. The summed E-state index contributed by atoms with van der Waals surface area (Å²) in [5.74, 6) is -7.63. The van der Waals surface area contributed by atoms with Crippen LogP contribution in [0, 0.1) is 0 Å². The van der Waals surface area contributed by atoms with E-state index in [4.69, 9.17) is 15.8 Å². The Morgan fingerprint density at radius 1 is 1.31 bits per heavy atom. The lowest BCUT2D eigenvalue weighted by Gasteiger charge is -2.29. The van der Waals surface area contributed by atoms with E-state index in [1.54, 1.807) is 0 Å². The number of imide groups is 1. The summed E-state index contributed by atoms with van der Waals surface area (Å²) in [6.45, 7) is -1.86. The molecule has 166 valence electrons. The maximum atomic E-state index is 14.7. The van der Waals surface area contributed by atoms with Gasteiger partial charge in [0.05, 0.1) is 2.74 Å². The molecule has 32 heavy (non-hydrogen) atoms. The summed E-state index contributed by atoms with van der Waals surface area (Å²) in [7, 11) is 0. The fourth-order valence-electron chi connectivity index (χ4n) is 3.61. The van der Waals surface area contributed by atoms with Gasteiger partial charge >= 0.3 is 5.92 Å². The van der Waals surface area contributed by atoms with Gasteiger partial charge in [-0.3, -0.25) is 24.5 Å². The summed E-state index contributed by atoms with van der Waals surface area (Å²) >= 11 is 5.67. The molecule has 2 aromatic carbocycles. The lowest BCUT2D eigenvalue weighted by Crippen LogP contribution is -2.52. The number of carbonyl (C=O) groups excluding carboxylic acids is 4. The van der Waals surface area contributed by atoms with Gasteiger partial charge in [-0.15, -0.1) is 0 Å². The van der Waals surface area contributed by atoms with Crippen LogP contribution in [0.25, 0.3) is 0 Å². The molecule has 2 atom stereocenters. The highest BCUT2D eigenvalue weighted by molar-refractivity contribution is 6.30. The second kappa shape index (κ2) is 8.31. The Morgan fingerprint density at radius 3 is 2.81 bits per heavy atom. The molecule has 0 aromatic heterocycles. The van der Waals surface area contributed by atoms with Gasteiger partial charge in [-0.1, -0.05) is 35.9 Å². The zero-order valence-corrected chi connectivity index (χ0v) is 17.2. The zero-order valence-electron chi connectivity index (χ0n) is 19.4. The van der Waals surface area contributed by atoms with Crippen molar-refractivity contribution in [3.8, 4) is 0 Å². The Morgan fingerprint density at radius 2 is 2.09 bits per heavy atom. The number of rotatable bonds is 5. The van der Waals surface area contributed by atoms with Gasteiger partial charge in [-0.25, -0.2) is 0 Å². The number of nitrogens with one attached hydrogen (secondary N) is 2. The van der Waals surface area contributed by atoms with E-state index in [9.17, 15) is 28.0 Å². The summed E-state index contributed by atoms with van der Waals surface area (Å²) in [5, 5.41) is 1.93. The second-order valence-electron chi connectivity index (χ2n) is 7.38. The van der Waals surface area contributed by atoms with Crippen LogP contribution in [0.15, 0.2) is 42.4 Å². The SMILES string of the molecule is [2H]c1cc(C(F)(F)C(=O)N([2H])C([2H])c2ccc3c(c2)CN(C2CCC(=O)NC2=O)C3=O)ccc1Cl. The van der Waals surface area contributed by atoms with Gasteiger partial charge in [0.2, 0.25) is 11.8 Å². The molecule has 1 saturated heterocycles. The van der Waals surface area contributed by atoms with E-state index in [0.717, 1.165) is 18.2 Å². The molecule has 4 amide bonds. The number of nitrogens with zero attached hydrogens (tertiary/aromatic N) is 1. The highest BCUT2D eigenvalue weighted by Gasteiger charge is 2.41. The largest absolute Gasteiger partial charge is 0.349 e. The molecule has 2 aromatic rings. The molecule has 1 fully saturated rings. The molecule has 0 radical (unpaired) electrons. The standard InChI is InChI=1S/C22H18ClF2N3O4/c23-15-4-2-14(3-5-15)22(24,25)21(32)26-10-12-1-6-16-13(9-12)11-28(20(16)31)17-7-8-18(29)27-19(17)30/h1-6,9,17H,7-8,10-11H2,(H,26,32)(H,27,29,30)/i4D,10D/hD. The minimum absolute atomic E-state index is 0.0121. The number of benzene rings is 2. The fraction of sp³-hybridized carbons (Fsp3) is 0.273. The molecule has 2 unspecified atom stereocenters. The lowest BCUT2D eigenvalue weighted by atomic mass is 10.0. The van der Waals surface area contributed by atoms with E-state index in [2.05, 4.69) is 5.32 Å². The van der Waals surface area contributed by atoms with E-state index in [0.29, 0.717) is 5.56 Å². The summed E-state index contributed by atoms with van der Waals surface area (Å²) in [5.41, 5.74) is -0.180. The molecule has 0 spiro atoms. The smallest absolute Gasteiger partial charge is 0.346 e. The monoisotopic (exact) mass is 464 g/mol. The van der Waals surface area contributed by atoms with Crippen molar-refractivity contribution in [2.75, 3.05) is 0 Å². The van der Waals surface area contributed by atoms with Gasteiger partial charge in [0.25, 0.3) is 11.8 Å². The summed E-state index contributed by atoms with van der Waals surface area (Å²) in [4.78, 5) is 50.0. The van der Waals surface area contributed by atoms with Crippen molar-refractivity contribution in [3.05, 3.63) is 69.7 Å². The van der Waals surface area contributed by atoms with Gasteiger partial charge in [-0.2, -0.15) is 8.78 Å². The van der Waals surface area contributed by atoms with Crippen LogP contribution in [-0.2, 0) is 33.4 Å². The van der Waals surface area contributed by atoms with Crippen LogP contribution in [0.3, 0.4) is 0 Å². The summed E-state index contributed by atoms with van der Waals surface area (Å²) in [6.07, 6.45) is 0.239. The van der Waals surface area contributed by atoms with Crippen molar-refractivity contribution in [1.82, 2.24) is 15.5 Å². The van der Waals surface area contributed by atoms with Gasteiger partial charge in [-0.05, 0) is 35.7 Å².